The van der Waals surface area contributed by atoms with Crippen LogP contribution >= 0.6 is 22.9 Å². The highest BCUT2D eigenvalue weighted by molar-refractivity contribution is 7.16. The van der Waals surface area contributed by atoms with Gasteiger partial charge in [0.1, 0.15) is 17.6 Å². The Morgan fingerprint density at radius 3 is 2.51 bits per heavy atom. The number of nitrogens with zero attached hydrogens (tertiary/aromatic N) is 6. The molecule has 2 N–H and O–H groups in total. The Hall–Kier alpha value is -3.33. The summed E-state index contributed by atoms with van der Waals surface area (Å²) in [5, 5.41) is 11.8. The Morgan fingerprint density at radius 2 is 1.91 bits per heavy atom. The molecule has 0 aliphatic carbocycles. The van der Waals surface area contributed by atoms with Crippen molar-refractivity contribution >= 4 is 45.8 Å². The van der Waals surface area contributed by atoms with Gasteiger partial charge in [0.2, 0.25) is 0 Å². The zero-order valence-electron chi connectivity index (χ0n) is 23.6. The third-order valence-corrected chi connectivity index (χ3v) is 9.20. The van der Waals surface area contributed by atoms with Crippen molar-refractivity contribution in [3.8, 4) is 11.3 Å². The highest BCUT2D eigenvalue weighted by atomic mass is 35.5. The number of carboxylic acid groups (broad SMARTS) is 1. The van der Waals surface area contributed by atoms with Gasteiger partial charge in [-0.15, -0.1) is 0 Å². The smallest absolute Gasteiger partial charge is 0.417 e. The second-order valence-electron chi connectivity index (χ2n) is 10.7. The van der Waals surface area contributed by atoms with Gasteiger partial charge in [-0.2, -0.15) is 13.2 Å². The Balaban J connectivity index is 1.33. The van der Waals surface area contributed by atoms with E-state index in [2.05, 4.69) is 32.1 Å². The maximum Gasteiger partial charge on any atom is 0.417 e. The summed E-state index contributed by atoms with van der Waals surface area (Å²) in [4.78, 5) is 44.3. The molecular weight excluding hydrogens is 607 g/mol. The maximum atomic E-state index is 13.6. The molecule has 0 radical (unpaired) electrons. The molecule has 2 fully saturated rings. The van der Waals surface area contributed by atoms with Crippen molar-refractivity contribution in [3.63, 3.8) is 0 Å². The number of piperazine rings is 1. The van der Waals surface area contributed by atoms with Crippen LogP contribution in [-0.4, -0.2) is 86.5 Å². The third-order valence-electron chi connectivity index (χ3n) is 7.91. The lowest BCUT2D eigenvalue weighted by molar-refractivity contribution is -0.142. The van der Waals surface area contributed by atoms with E-state index in [-0.39, 0.29) is 16.4 Å². The molecular formula is C28H31ClF3N7O3S. The van der Waals surface area contributed by atoms with Crippen molar-refractivity contribution in [3.05, 3.63) is 51.7 Å². The molecule has 4 heterocycles. The summed E-state index contributed by atoms with van der Waals surface area (Å²) in [6, 6.07) is 3.45. The number of anilines is 2. The van der Waals surface area contributed by atoms with E-state index < -0.39 is 34.7 Å². The summed E-state index contributed by atoms with van der Waals surface area (Å²) in [6.07, 6.45) is 0.282. The molecule has 1 amide bonds. The van der Waals surface area contributed by atoms with E-state index in [1.54, 1.807) is 6.92 Å². The van der Waals surface area contributed by atoms with Crippen LogP contribution in [0.1, 0.15) is 47.6 Å². The van der Waals surface area contributed by atoms with Gasteiger partial charge in [0.15, 0.2) is 5.13 Å². The molecule has 3 aromatic rings. The SMILES string of the molecule is CC1CCCN1Cc1sc(NC(=O)c2cnc(N3CCN(C(C)C(=O)O)CC3)cn2)nc1-c1ccc(Cl)c(C(F)(F)F)c1. The number of benzene rings is 1. The number of alkyl halides is 3. The highest BCUT2D eigenvalue weighted by Gasteiger charge is 2.34. The van der Waals surface area contributed by atoms with Crippen molar-refractivity contribution in [2.24, 2.45) is 0 Å². The quantitative estimate of drug-likeness (QED) is 0.348. The number of thiazole rings is 1. The predicted octanol–water partition coefficient (Wildman–Crippen LogP) is 5.10. The standard InChI is InChI=1S/C28H31ClF3N7O3S/c1-16-4-3-7-39(16)15-22-24(18-5-6-20(29)19(12-18)28(30,31)32)35-27(43-22)36-25(40)21-13-34-23(14-33-21)38-10-8-37(9-11-38)17(2)26(41)42/h5-6,12-14,16-17H,3-4,7-11,15H2,1-2H3,(H,41,42)(H,35,36,40). The number of carboxylic acids is 1. The molecule has 0 bridgehead atoms. The molecule has 5 rings (SSSR count). The summed E-state index contributed by atoms with van der Waals surface area (Å²) in [5.41, 5.74) is -0.269. The molecule has 15 heteroatoms. The van der Waals surface area contributed by atoms with E-state index in [0.717, 1.165) is 30.3 Å². The topological polar surface area (TPSA) is 115 Å². The number of likely N-dealkylation sites (tertiary alicyclic amines) is 1. The lowest BCUT2D eigenvalue weighted by Crippen LogP contribution is -2.52. The zero-order chi connectivity index (χ0) is 30.9. The summed E-state index contributed by atoms with van der Waals surface area (Å²) in [5.74, 6) is -0.846. The summed E-state index contributed by atoms with van der Waals surface area (Å²) >= 11 is 7.07. The van der Waals surface area contributed by atoms with Gasteiger partial charge < -0.3 is 10.0 Å². The number of amides is 1. The van der Waals surface area contributed by atoms with E-state index >= 15 is 0 Å². The van der Waals surface area contributed by atoms with Crippen molar-refractivity contribution in [1.29, 1.82) is 0 Å². The van der Waals surface area contributed by atoms with Crippen LogP contribution in [0.25, 0.3) is 11.3 Å². The first kappa shape index (κ1) is 31.1. The summed E-state index contributed by atoms with van der Waals surface area (Å²) < 4.78 is 40.8. The van der Waals surface area contributed by atoms with Gasteiger partial charge in [-0.25, -0.2) is 15.0 Å². The Bertz CT molecular complexity index is 1480. The van der Waals surface area contributed by atoms with Crippen molar-refractivity contribution in [2.45, 2.75) is 51.5 Å². The van der Waals surface area contributed by atoms with Crippen LogP contribution < -0.4 is 10.2 Å². The number of aromatic nitrogens is 3. The van der Waals surface area contributed by atoms with Gasteiger partial charge in [0.05, 0.1) is 28.7 Å². The molecule has 2 unspecified atom stereocenters. The molecule has 230 valence electrons. The predicted molar refractivity (Wildman–Crippen MR) is 158 cm³/mol. The average molecular weight is 638 g/mol. The van der Waals surface area contributed by atoms with E-state index in [9.17, 15) is 27.9 Å². The van der Waals surface area contributed by atoms with E-state index in [1.165, 1.54) is 35.9 Å². The number of aliphatic carboxylic acids is 1. The largest absolute Gasteiger partial charge is 0.480 e. The summed E-state index contributed by atoms with van der Waals surface area (Å²) in [7, 11) is 0. The van der Waals surface area contributed by atoms with E-state index in [4.69, 9.17) is 11.6 Å². The minimum Gasteiger partial charge on any atom is -0.480 e. The van der Waals surface area contributed by atoms with Crippen molar-refractivity contribution in [2.75, 3.05) is 42.9 Å². The van der Waals surface area contributed by atoms with E-state index in [1.807, 2.05) is 9.80 Å². The molecule has 10 nitrogen and oxygen atoms in total. The van der Waals surface area contributed by atoms with E-state index in [0.29, 0.717) is 50.3 Å². The van der Waals surface area contributed by atoms with Crippen LogP contribution in [0.3, 0.4) is 0 Å². The van der Waals surface area contributed by atoms with Gasteiger partial charge in [-0.05, 0) is 45.4 Å². The fourth-order valence-corrected chi connectivity index (χ4v) is 6.53. The number of carbonyl (C=O) groups excluding carboxylic acids is 1. The maximum absolute atomic E-state index is 13.6. The van der Waals surface area contributed by atoms with Crippen LogP contribution in [0.4, 0.5) is 24.1 Å². The Labute approximate surface area is 255 Å². The highest BCUT2D eigenvalue weighted by Crippen LogP contribution is 2.40. The normalized spacial score (nSPS) is 19.0. The first-order valence-corrected chi connectivity index (χ1v) is 15.1. The molecule has 0 spiro atoms. The van der Waals surface area contributed by atoms with Gasteiger partial charge >= 0.3 is 12.1 Å². The number of nitrogens with one attached hydrogen (secondary N) is 1. The van der Waals surface area contributed by atoms with Crippen molar-refractivity contribution in [1.82, 2.24) is 24.8 Å². The second kappa shape index (κ2) is 12.7. The molecule has 0 saturated carbocycles. The molecule has 2 aromatic heterocycles. The first-order valence-electron chi connectivity index (χ1n) is 13.9. The Morgan fingerprint density at radius 1 is 1.16 bits per heavy atom. The van der Waals surface area contributed by atoms with Gasteiger partial charge in [-0.1, -0.05) is 29.0 Å². The van der Waals surface area contributed by atoms with Crippen LogP contribution in [0, 0.1) is 0 Å². The Kier molecular flexibility index (Phi) is 9.20. The monoisotopic (exact) mass is 637 g/mol. The van der Waals surface area contributed by atoms with Gasteiger partial charge in [0, 0.05) is 49.2 Å². The number of halogens is 4. The lowest BCUT2D eigenvalue weighted by Gasteiger charge is -2.36. The molecule has 2 aliphatic heterocycles. The fourth-order valence-electron chi connectivity index (χ4n) is 5.30. The number of rotatable bonds is 8. The fraction of sp³-hybridized carbons (Fsp3) is 0.464. The number of hydrogen-bond donors (Lipinski definition) is 2. The van der Waals surface area contributed by atoms with Gasteiger partial charge in [-0.3, -0.25) is 24.7 Å². The van der Waals surface area contributed by atoms with Gasteiger partial charge in [0.25, 0.3) is 5.91 Å². The molecule has 2 saturated heterocycles. The first-order chi connectivity index (χ1) is 20.4. The molecule has 2 aliphatic rings. The average Bonchev–Trinajstić information content (AvgIpc) is 3.57. The minimum atomic E-state index is -4.63. The minimum absolute atomic E-state index is 0.0548. The van der Waals surface area contributed by atoms with Crippen LogP contribution in [0.5, 0.6) is 0 Å². The van der Waals surface area contributed by atoms with Crippen LogP contribution in [0.15, 0.2) is 30.6 Å². The zero-order valence-corrected chi connectivity index (χ0v) is 25.1. The lowest BCUT2D eigenvalue weighted by atomic mass is 10.1. The number of carbonyl (C=O) groups is 2. The van der Waals surface area contributed by atoms with Crippen molar-refractivity contribution < 1.29 is 27.9 Å². The van der Waals surface area contributed by atoms with Crippen LogP contribution in [-0.2, 0) is 17.5 Å². The molecule has 1 aromatic carbocycles. The van der Waals surface area contributed by atoms with Crippen LogP contribution in [0.2, 0.25) is 5.02 Å². The second-order valence-corrected chi connectivity index (χ2v) is 12.2. The third kappa shape index (κ3) is 7.08. The molecule has 43 heavy (non-hydrogen) atoms. The number of hydrogen-bond acceptors (Lipinski definition) is 9. The summed E-state index contributed by atoms with van der Waals surface area (Å²) in [6.45, 7) is 7.37. The molecule has 2 atom stereocenters.